The quantitative estimate of drug-likeness (QED) is 0.618. The van der Waals surface area contributed by atoms with Crippen LogP contribution in [0.3, 0.4) is 0 Å². The van der Waals surface area contributed by atoms with Crippen molar-refractivity contribution in [2.24, 2.45) is 0 Å². The molecule has 1 fully saturated rings. The van der Waals surface area contributed by atoms with Crippen molar-refractivity contribution in [3.05, 3.63) is 33.9 Å². The third-order valence-electron chi connectivity index (χ3n) is 4.61. The van der Waals surface area contributed by atoms with Gasteiger partial charge in [-0.3, -0.25) is 14.9 Å². The van der Waals surface area contributed by atoms with Gasteiger partial charge in [0, 0.05) is 23.9 Å². The molecule has 112 valence electrons. The molecule has 0 bridgehead atoms. The molecule has 0 spiro atoms. The minimum atomic E-state index is -0.407. The van der Waals surface area contributed by atoms with Gasteiger partial charge in [-0.1, -0.05) is 0 Å². The van der Waals surface area contributed by atoms with E-state index in [2.05, 4.69) is 11.9 Å². The molecule has 0 N–H and O–H groups in total. The smallest absolute Gasteiger partial charge is 0.269 e. The molecule has 6 nitrogen and oxygen atoms in total. The second-order valence-corrected chi connectivity index (χ2v) is 5.96. The van der Waals surface area contributed by atoms with Crippen LogP contribution >= 0.6 is 0 Å². The predicted octanol–water partition coefficient (Wildman–Crippen LogP) is 2.14. The van der Waals surface area contributed by atoms with E-state index in [1.807, 2.05) is 11.8 Å². The summed E-state index contributed by atoms with van der Waals surface area (Å²) in [7, 11) is 2.09. The standard InChI is InChI=1S/C15H19N3O3/c1-10-13-9-12(18(20)21)3-4-14(13)17(15(10)19)11-5-7-16(2)8-6-11/h3-4,9-11H,5-8H2,1-2H3/t10-/m1/s1. The van der Waals surface area contributed by atoms with E-state index in [0.29, 0.717) is 0 Å². The van der Waals surface area contributed by atoms with Crippen molar-refractivity contribution in [3.63, 3.8) is 0 Å². The first kappa shape index (κ1) is 14.0. The van der Waals surface area contributed by atoms with Crippen molar-refractivity contribution in [1.29, 1.82) is 0 Å². The molecule has 2 aliphatic rings. The maximum atomic E-state index is 12.6. The molecule has 3 rings (SSSR count). The first-order chi connectivity index (χ1) is 9.99. The lowest BCUT2D eigenvalue weighted by molar-refractivity contribution is -0.384. The van der Waals surface area contributed by atoms with Gasteiger partial charge in [-0.25, -0.2) is 0 Å². The second kappa shape index (κ2) is 5.11. The SMILES string of the molecule is C[C@H]1C(=O)N(C2CCN(C)CC2)c2ccc([N+](=O)[O-])cc21. The van der Waals surface area contributed by atoms with Crippen LogP contribution in [0.1, 0.15) is 31.2 Å². The van der Waals surface area contributed by atoms with Gasteiger partial charge in [0.2, 0.25) is 5.91 Å². The number of anilines is 1. The number of piperidine rings is 1. The van der Waals surface area contributed by atoms with Crippen molar-refractivity contribution < 1.29 is 9.72 Å². The summed E-state index contributed by atoms with van der Waals surface area (Å²) in [6.45, 7) is 3.79. The number of hydrogen-bond acceptors (Lipinski definition) is 4. The second-order valence-electron chi connectivity index (χ2n) is 5.96. The summed E-state index contributed by atoms with van der Waals surface area (Å²) in [5.41, 5.74) is 1.69. The van der Waals surface area contributed by atoms with Gasteiger partial charge in [0.25, 0.3) is 5.69 Å². The van der Waals surface area contributed by atoms with E-state index in [0.717, 1.165) is 37.2 Å². The summed E-state index contributed by atoms with van der Waals surface area (Å²) < 4.78 is 0. The van der Waals surface area contributed by atoms with Crippen LogP contribution in [-0.4, -0.2) is 41.9 Å². The van der Waals surface area contributed by atoms with Gasteiger partial charge in [-0.05, 0) is 51.5 Å². The van der Waals surface area contributed by atoms with Crippen molar-refractivity contribution in [2.45, 2.75) is 31.7 Å². The molecule has 1 saturated heterocycles. The summed E-state index contributed by atoms with van der Waals surface area (Å²) in [5, 5.41) is 10.9. The predicted molar refractivity (Wildman–Crippen MR) is 79.5 cm³/mol. The first-order valence-electron chi connectivity index (χ1n) is 7.29. The molecule has 1 aromatic carbocycles. The Kier molecular flexibility index (Phi) is 3.41. The van der Waals surface area contributed by atoms with E-state index in [4.69, 9.17) is 0 Å². The molecule has 0 radical (unpaired) electrons. The monoisotopic (exact) mass is 289 g/mol. The number of likely N-dealkylation sites (tertiary alicyclic amines) is 1. The van der Waals surface area contributed by atoms with Crippen molar-refractivity contribution in [1.82, 2.24) is 4.90 Å². The van der Waals surface area contributed by atoms with Crippen molar-refractivity contribution >= 4 is 17.3 Å². The summed E-state index contributed by atoms with van der Waals surface area (Å²) in [5.74, 6) is -0.223. The zero-order valence-corrected chi connectivity index (χ0v) is 12.3. The van der Waals surface area contributed by atoms with E-state index in [9.17, 15) is 14.9 Å². The van der Waals surface area contributed by atoms with Crippen LogP contribution in [0, 0.1) is 10.1 Å². The molecular formula is C15H19N3O3. The fraction of sp³-hybridized carbons (Fsp3) is 0.533. The van der Waals surface area contributed by atoms with Crippen LogP contribution in [0.4, 0.5) is 11.4 Å². The maximum Gasteiger partial charge on any atom is 0.269 e. The van der Waals surface area contributed by atoms with Gasteiger partial charge in [0.05, 0.1) is 10.8 Å². The van der Waals surface area contributed by atoms with E-state index in [1.54, 1.807) is 12.1 Å². The largest absolute Gasteiger partial charge is 0.308 e. The molecule has 1 amide bonds. The number of benzene rings is 1. The Morgan fingerprint density at radius 2 is 1.95 bits per heavy atom. The van der Waals surface area contributed by atoms with Crippen LogP contribution in [0.25, 0.3) is 0 Å². The van der Waals surface area contributed by atoms with Gasteiger partial charge in [-0.2, -0.15) is 0 Å². The van der Waals surface area contributed by atoms with E-state index >= 15 is 0 Å². The Balaban J connectivity index is 1.94. The van der Waals surface area contributed by atoms with Gasteiger partial charge < -0.3 is 9.80 Å². The molecule has 21 heavy (non-hydrogen) atoms. The number of amides is 1. The highest BCUT2D eigenvalue weighted by Crippen LogP contribution is 2.41. The van der Waals surface area contributed by atoms with Crippen LogP contribution in [0.15, 0.2) is 18.2 Å². The topological polar surface area (TPSA) is 66.7 Å². The van der Waals surface area contributed by atoms with Crippen LogP contribution in [0.5, 0.6) is 0 Å². The van der Waals surface area contributed by atoms with E-state index in [-0.39, 0.29) is 23.6 Å². The molecule has 0 unspecified atom stereocenters. The molecule has 1 atom stereocenters. The minimum Gasteiger partial charge on any atom is -0.308 e. The van der Waals surface area contributed by atoms with Gasteiger partial charge in [0.1, 0.15) is 0 Å². The maximum absolute atomic E-state index is 12.6. The normalized spacial score (nSPS) is 23.4. The van der Waals surface area contributed by atoms with Crippen molar-refractivity contribution in [2.75, 3.05) is 25.0 Å². The lowest BCUT2D eigenvalue weighted by Crippen LogP contribution is -2.45. The van der Waals surface area contributed by atoms with Crippen LogP contribution < -0.4 is 4.90 Å². The first-order valence-corrected chi connectivity index (χ1v) is 7.29. The number of nitro groups is 1. The number of hydrogen-bond donors (Lipinski definition) is 0. The Morgan fingerprint density at radius 3 is 2.57 bits per heavy atom. The molecule has 2 heterocycles. The number of carbonyl (C=O) groups is 1. The average molecular weight is 289 g/mol. The highest BCUT2D eigenvalue weighted by Gasteiger charge is 2.39. The van der Waals surface area contributed by atoms with Crippen LogP contribution in [-0.2, 0) is 4.79 Å². The average Bonchev–Trinajstić information content (AvgIpc) is 2.72. The van der Waals surface area contributed by atoms with Gasteiger partial charge >= 0.3 is 0 Å². The molecule has 1 aromatic rings. The lowest BCUT2D eigenvalue weighted by atomic mass is 10.0. The third-order valence-corrected chi connectivity index (χ3v) is 4.61. The molecule has 0 aliphatic carbocycles. The Hall–Kier alpha value is -1.95. The highest BCUT2D eigenvalue weighted by molar-refractivity contribution is 6.05. The summed E-state index contributed by atoms with van der Waals surface area (Å²) in [6, 6.07) is 4.98. The molecule has 0 saturated carbocycles. The van der Waals surface area contributed by atoms with Crippen molar-refractivity contribution in [3.8, 4) is 0 Å². The van der Waals surface area contributed by atoms with Gasteiger partial charge in [-0.15, -0.1) is 0 Å². The van der Waals surface area contributed by atoms with E-state index < -0.39 is 4.92 Å². The fourth-order valence-corrected chi connectivity index (χ4v) is 3.31. The summed E-state index contributed by atoms with van der Waals surface area (Å²) >= 11 is 0. The number of nitrogens with zero attached hydrogens (tertiary/aromatic N) is 3. The van der Waals surface area contributed by atoms with Crippen LogP contribution in [0.2, 0.25) is 0 Å². The highest BCUT2D eigenvalue weighted by atomic mass is 16.6. The zero-order valence-electron chi connectivity index (χ0n) is 12.3. The lowest BCUT2D eigenvalue weighted by Gasteiger charge is -2.35. The summed E-state index contributed by atoms with van der Waals surface area (Å²) in [6.07, 6.45) is 1.90. The van der Waals surface area contributed by atoms with E-state index in [1.165, 1.54) is 6.07 Å². The number of rotatable bonds is 2. The number of carbonyl (C=O) groups excluding carboxylic acids is 1. The number of nitro benzene ring substituents is 1. The minimum absolute atomic E-state index is 0.0543. The summed E-state index contributed by atoms with van der Waals surface area (Å²) in [4.78, 5) is 27.2. The number of fused-ring (bicyclic) bond motifs is 1. The van der Waals surface area contributed by atoms with Gasteiger partial charge in [0.15, 0.2) is 0 Å². The Bertz CT molecular complexity index is 594. The number of non-ortho nitro benzene ring substituents is 1. The third kappa shape index (κ3) is 2.29. The fourth-order valence-electron chi connectivity index (χ4n) is 3.31. The molecule has 6 heteroatoms. The Labute approximate surface area is 123 Å². The zero-order chi connectivity index (χ0) is 15.1. The Morgan fingerprint density at radius 1 is 1.29 bits per heavy atom. The molecule has 2 aliphatic heterocycles. The molecule has 0 aromatic heterocycles. The molecular weight excluding hydrogens is 270 g/mol.